The number of nitrogens with one attached hydrogen (secondary N) is 1. The predicted octanol–water partition coefficient (Wildman–Crippen LogP) is 4.17. The molecule has 0 saturated heterocycles. The molecule has 9 nitrogen and oxygen atoms in total. The number of pyridine rings is 3. The molecule has 0 aliphatic carbocycles. The summed E-state index contributed by atoms with van der Waals surface area (Å²) in [5, 5.41) is 26.1. The van der Waals surface area contributed by atoms with Crippen molar-refractivity contribution in [1.82, 2.24) is 24.7 Å². The van der Waals surface area contributed by atoms with Crippen molar-refractivity contribution in [2.45, 2.75) is 26.2 Å². The zero-order valence-electron chi connectivity index (χ0n) is 19.7. The molecule has 0 aromatic carbocycles. The Balaban J connectivity index is 1.64. The molecular weight excluding hydrogens is 440 g/mol. The van der Waals surface area contributed by atoms with Gasteiger partial charge in [0.15, 0.2) is 0 Å². The number of carbonyl (C=O) groups is 1. The second-order valence-corrected chi connectivity index (χ2v) is 8.61. The highest BCUT2D eigenvalue weighted by Gasteiger charge is 2.23. The van der Waals surface area contributed by atoms with Gasteiger partial charge in [0.25, 0.3) is 5.91 Å². The summed E-state index contributed by atoms with van der Waals surface area (Å²) in [6, 6.07) is 11.2. The van der Waals surface area contributed by atoms with Crippen LogP contribution in [0.25, 0.3) is 22.4 Å². The first-order valence-electron chi connectivity index (χ1n) is 10.8. The number of rotatable bonds is 5. The van der Waals surface area contributed by atoms with Crippen LogP contribution in [0.4, 0.5) is 5.69 Å². The summed E-state index contributed by atoms with van der Waals surface area (Å²) in [5.41, 5.74) is 4.46. The number of aromatic nitrogens is 5. The summed E-state index contributed by atoms with van der Waals surface area (Å²) < 4.78 is 1.65. The van der Waals surface area contributed by atoms with Crippen LogP contribution >= 0.6 is 0 Å². The van der Waals surface area contributed by atoms with E-state index in [9.17, 15) is 15.3 Å². The van der Waals surface area contributed by atoms with Crippen molar-refractivity contribution in [2.24, 2.45) is 7.05 Å². The van der Waals surface area contributed by atoms with Crippen LogP contribution in [-0.4, -0.2) is 30.6 Å². The van der Waals surface area contributed by atoms with Gasteiger partial charge in [-0.25, -0.2) is 0 Å². The normalized spacial score (nSPS) is 10.9. The molecule has 0 radical (unpaired) electrons. The molecule has 0 fully saturated rings. The maximum absolute atomic E-state index is 12.9. The zero-order chi connectivity index (χ0) is 25.2. The molecule has 35 heavy (non-hydrogen) atoms. The molecule has 4 aromatic heterocycles. The summed E-state index contributed by atoms with van der Waals surface area (Å²) in [6.07, 6.45) is 8.22. The smallest absolute Gasteiger partial charge is 0.255 e. The fourth-order valence-corrected chi connectivity index (χ4v) is 3.54. The van der Waals surface area contributed by atoms with Crippen LogP contribution < -0.4 is 5.32 Å². The fourth-order valence-electron chi connectivity index (χ4n) is 3.54. The van der Waals surface area contributed by atoms with E-state index in [0.29, 0.717) is 33.8 Å². The Kier molecular flexibility index (Phi) is 6.09. The van der Waals surface area contributed by atoms with Gasteiger partial charge in [-0.2, -0.15) is 15.6 Å². The molecule has 4 aromatic rings. The lowest BCUT2D eigenvalue weighted by molar-refractivity contribution is 0.102. The molecule has 0 spiro atoms. The minimum atomic E-state index is -0.817. The third-order valence-corrected chi connectivity index (χ3v) is 5.58. The summed E-state index contributed by atoms with van der Waals surface area (Å²) in [5.74, 6) is -0.346. The number of amides is 1. The molecule has 0 aliphatic heterocycles. The van der Waals surface area contributed by atoms with Gasteiger partial charge in [0, 0.05) is 53.6 Å². The Labute approximate surface area is 202 Å². The van der Waals surface area contributed by atoms with Gasteiger partial charge in [-0.3, -0.25) is 24.4 Å². The molecule has 0 unspecified atom stereocenters. The minimum Gasteiger partial charge on any atom is -0.321 e. The van der Waals surface area contributed by atoms with Crippen LogP contribution in [-0.2, 0) is 12.5 Å². The number of hydrogen-bond acceptors (Lipinski definition) is 7. The number of anilines is 1. The number of nitrogens with zero attached hydrogens (tertiary/aromatic N) is 7. The van der Waals surface area contributed by atoms with Gasteiger partial charge < -0.3 is 5.32 Å². The van der Waals surface area contributed by atoms with Gasteiger partial charge >= 0.3 is 0 Å². The SMILES string of the molecule is Cc1ncc(NC(=O)c2ccnc(C(C)(C)C#N)c2)cc1-c1cnc(-c2cnn(C)c2)c(C#N)c1. The molecule has 0 saturated carbocycles. The second kappa shape index (κ2) is 9.16. The summed E-state index contributed by atoms with van der Waals surface area (Å²) in [4.78, 5) is 26.1. The Hall–Kier alpha value is -4.89. The zero-order valence-corrected chi connectivity index (χ0v) is 19.7. The van der Waals surface area contributed by atoms with E-state index in [1.54, 1.807) is 74.6 Å². The van der Waals surface area contributed by atoms with Gasteiger partial charge in [0.2, 0.25) is 0 Å². The number of nitriles is 2. The molecule has 0 atom stereocenters. The van der Waals surface area contributed by atoms with Crippen molar-refractivity contribution < 1.29 is 4.79 Å². The van der Waals surface area contributed by atoms with E-state index in [1.807, 2.05) is 6.92 Å². The first-order chi connectivity index (χ1) is 16.7. The summed E-state index contributed by atoms with van der Waals surface area (Å²) in [6.45, 7) is 5.34. The Morgan fingerprint density at radius 3 is 2.54 bits per heavy atom. The highest BCUT2D eigenvalue weighted by atomic mass is 16.1. The molecule has 0 aliphatic rings. The van der Waals surface area contributed by atoms with E-state index in [1.165, 1.54) is 6.20 Å². The number of hydrogen-bond donors (Lipinski definition) is 1. The van der Waals surface area contributed by atoms with E-state index in [2.05, 4.69) is 37.5 Å². The van der Waals surface area contributed by atoms with Gasteiger partial charge in [0.1, 0.15) is 6.07 Å². The van der Waals surface area contributed by atoms with Crippen molar-refractivity contribution in [1.29, 1.82) is 10.5 Å². The Morgan fingerprint density at radius 2 is 1.86 bits per heavy atom. The molecule has 4 rings (SSSR count). The van der Waals surface area contributed by atoms with Crippen LogP contribution in [0.5, 0.6) is 0 Å². The average molecular weight is 463 g/mol. The van der Waals surface area contributed by atoms with Crippen molar-refractivity contribution in [3.8, 4) is 34.5 Å². The molecule has 172 valence electrons. The maximum Gasteiger partial charge on any atom is 0.255 e. The largest absolute Gasteiger partial charge is 0.321 e. The topological polar surface area (TPSA) is 133 Å². The Bertz CT molecular complexity index is 1520. The number of carbonyl (C=O) groups excluding carboxylic acids is 1. The van der Waals surface area contributed by atoms with Crippen molar-refractivity contribution in [3.05, 3.63) is 77.8 Å². The molecule has 1 amide bonds. The van der Waals surface area contributed by atoms with E-state index < -0.39 is 5.41 Å². The standard InChI is InChI=1S/C26H22N8O/c1-16-22(19-7-18(10-27)24(31-11-19)20-12-32-34(4)14-20)9-21(13-30-16)33-25(35)17-5-6-29-23(8-17)26(2,3)15-28/h5-9,11-14H,1-4H3,(H,33,35). The van der Waals surface area contributed by atoms with Gasteiger partial charge in [0.05, 0.1) is 46.5 Å². The molecule has 9 heteroatoms. The van der Waals surface area contributed by atoms with Crippen LogP contribution in [0.1, 0.15) is 41.2 Å². The third kappa shape index (κ3) is 4.75. The first-order valence-corrected chi connectivity index (χ1v) is 10.8. The van der Waals surface area contributed by atoms with Crippen LogP contribution in [0.2, 0.25) is 0 Å². The van der Waals surface area contributed by atoms with Crippen molar-refractivity contribution >= 4 is 11.6 Å². The highest BCUT2D eigenvalue weighted by Crippen LogP contribution is 2.29. The lowest BCUT2D eigenvalue weighted by Crippen LogP contribution is -2.18. The van der Waals surface area contributed by atoms with Crippen molar-refractivity contribution in [3.63, 3.8) is 0 Å². The molecule has 1 N–H and O–H groups in total. The van der Waals surface area contributed by atoms with Crippen LogP contribution in [0, 0.1) is 29.6 Å². The fraction of sp³-hybridized carbons (Fsp3) is 0.192. The van der Waals surface area contributed by atoms with Crippen LogP contribution in [0.15, 0.2) is 55.2 Å². The number of aryl methyl sites for hydroxylation is 2. The summed E-state index contributed by atoms with van der Waals surface area (Å²) >= 11 is 0. The quantitative estimate of drug-likeness (QED) is 0.470. The Morgan fingerprint density at radius 1 is 1.06 bits per heavy atom. The van der Waals surface area contributed by atoms with Gasteiger partial charge in [-0.1, -0.05) is 0 Å². The lowest BCUT2D eigenvalue weighted by Gasteiger charge is -2.15. The monoisotopic (exact) mass is 462 g/mol. The summed E-state index contributed by atoms with van der Waals surface area (Å²) in [7, 11) is 1.80. The van der Waals surface area contributed by atoms with E-state index >= 15 is 0 Å². The van der Waals surface area contributed by atoms with E-state index in [0.717, 1.165) is 16.8 Å². The van der Waals surface area contributed by atoms with Crippen molar-refractivity contribution in [2.75, 3.05) is 5.32 Å². The maximum atomic E-state index is 12.9. The first kappa shape index (κ1) is 23.3. The molecular formula is C26H22N8O. The third-order valence-electron chi connectivity index (χ3n) is 5.58. The molecule has 4 heterocycles. The van der Waals surface area contributed by atoms with E-state index in [4.69, 9.17) is 0 Å². The minimum absolute atomic E-state index is 0.346. The molecule has 0 bridgehead atoms. The second-order valence-electron chi connectivity index (χ2n) is 8.61. The van der Waals surface area contributed by atoms with Gasteiger partial charge in [-0.15, -0.1) is 0 Å². The van der Waals surface area contributed by atoms with E-state index in [-0.39, 0.29) is 5.91 Å². The van der Waals surface area contributed by atoms with Crippen LogP contribution in [0.3, 0.4) is 0 Å². The predicted molar refractivity (Wildman–Crippen MR) is 130 cm³/mol. The highest BCUT2D eigenvalue weighted by molar-refractivity contribution is 6.04. The average Bonchev–Trinajstić information content (AvgIpc) is 3.30. The van der Waals surface area contributed by atoms with Gasteiger partial charge in [-0.05, 0) is 45.0 Å². The lowest BCUT2D eigenvalue weighted by atomic mass is 9.90.